The summed E-state index contributed by atoms with van der Waals surface area (Å²) in [6.45, 7) is 11.4. The van der Waals surface area contributed by atoms with E-state index in [4.69, 9.17) is 9.31 Å². The second-order valence-electron chi connectivity index (χ2n) is 7.35. The van der Waals surface area contributed by atoms with Crippen molar-refractivity contribution in [2.24, 2.45) is 0 Å². The van der Waals surface area contributed by atoms with E-state index in [0.29, 0.717) is 0 Å². The van der Waals surface area contributed by atoms with Crippen LogP contribution in [0.3, 0.4) is 0 Å². The van der Waals surface area contributed by atoms with Crippen LogP contribution in [-0.2, 0) is 15.9 Å². The summed E-state index contributed by atoms with van der Waals surface area (Å²) in [5.74, 6) is 0. The molecule has 2 heterocycles. The SMILES string of the molecule is CC1(C)OB(C2=CCCN(Cc3ccccc3)C2)OC1(C)C.Cl. The van der Waals surface area contributed by atoms with Gasteiger partial charge in [-0.1, -0.05) is 36.4 Å². The minimum Gasteiger partial charge on any atom is -0.400 e. The summed E-state index contributed by atoms with van der Waals surface area (Å²) in [7, 11) is -0.205. The van der Waals surface area contributed by atoms with Gasteiger partial charge in [-0.3, -0.25) is 4.90 Å². The molecule has 3 nitrogen and oxygen atoms in total. The van der Waals surface area contributed by atoms with Crippen molar-refractivity contribution in [2.45, 2.75) is 51.9 Å². The highest BCUT2D eigenvalue weighted by Crippen LogP contribution is 2.39. The van der Waals surface area contributed by atoms with Gasteiger partial charge in [0, 0.05) is 19.6 Å². The van der Waals surface area contributed by atoms with Gasteiger partial charge in [-0.15, -0.1) is 12.4 Å². The Morgan fingerprint density at radius 2 is 1.65 bits per heavy atom. The Bertz CT molecular complexity index is 543. The fourth-order valence-electron chi connectivity index (χ4n) is 2.98. The second-order valence-corrected chi connectivity index (χ2v) is 7.35. The van der Waals surface area contributed by atoms with Gasteiger partial charge in [0.1, 0.15) is 0 Å². The van der Waals surface area contributed by atoms with Crippen molar-refractivity contribution in [3.63, 3.8) is 0 Å². The maximum atomic E-state index is 6.18. The quantitative estimate of drug-likeness (QED) is 0.783. The van der Waals surface area contributed by atoms with Crippen LogP contribution in [0.15, 0.2) is 41.9 Å². The molecule has 1 aromatic carbocycles. The Labute approximate surface area is 146 Å². The molecule has 0 N–H and O–H groups in total. The van der Waals surface area contributed by atoms with Crippen LogP contribution in [0.4, 0.5) is 0 Å². The molecular weight excluding hydrogens is 308 g/mol. The summed E-state index contributed by atoms with van der Waals surface area (Å²) in [6.07, 6.45) is 3.36. The van der Waals surface area contributed by atoms with E-state index in [1.54, 1.807) is 0 Å². The topological polar surface area (TPSA) is 21.7 Å². The number of benzene rings is 1. The number of hydrogen-bond acceptors (Lipinski definition) is 3. The molecule has 126 valence electrons. The molecule has 0 bridgehead atoms. The van der Waals surface area contributed by atoms with Crippen LogP contribution in [0.25, 0.3) is 0 Å². The van der Waals surface area contributed by atoms with E-state index in [9.17, 15) is 0 Å². The number of nitrogens with zero attached hydrogens (tertiary/aromatic N) is 1. The standard InChI is InChI=1S/C18H26BNO2.ClH/c1-17(2)18(3,4)22-19(21-17)16-11-8-12-20(14-16)13-15-9-6-5-7-10-15;/h5-7,9-11H,8,12-14H2,1-4H3;1H. The van der Waals surface area contributed by atoms with Crippen molar-refractivity contribution in [1.29, 1.82) is 0 Å². The smallest absolute Gasteiger partial charge is 0.400 e. The molecule has 0 aliphatic carbocycles. The molecule has 23 heavy (non-hydrogen) atoms. The predicted molar refractivity (Wildman–Crippen MR) is 97.7 cm³/mol. The zero-order valence-electron chi connectivity index (χ0n) is 14.5. The van der Waals surface area contributed by atoms with Gasteiger partial charge < -0.3 is 9.31 Å². The van der Waals surface area contributed by atoms with E-state index >= 15 is 0 Å². The Morgan fingerprint density at radius 3 is 2.26 bits per heavy atom. The zero-order valence-corrected chi connectivity index (χ0v) is 15.4. The monoisotopic (exact) mass is 335 g/mol. The van der Waals surface area contributed by atoms with E-state index in [1.807, 2.05) is 0 Å². The first kappa shape index (κ1) is 18.5. The normalized spacial score (nSPS) is 23.3. The molecule has 2 aliphatic rings. The lowest BCUT2D eigenvalue weighted by Crippen LogP contribution is -2.41. The third-order valence-electron chi connectivity index (χ3n) is 5.06. The third kappa shape index (κ3) is 4.00. The maximum absolute atomic E-state index is 6.18. The molecule has 3 rings (SSSR count). The second kappa shape index (κ2) is 6.98. The van der Waals surface area contributed by atoms with Crippen molar-refractivity contribution in [3.05, 3.63) is 47.4 Å². The molecule has 0 amide bonds. The molecule has 0 unspecified atom stereocenters. The summed E-state index contributed by atoms with van der Waals surface area (Å²) in [6, 6.07) is 10.6. The Kier molecular flexibility index (Phi) is 5.62. The van der Waals surface area contributed by atoms with Crippen LogP contribution < -0.4 is 0 Å². The highest BCUT2D eigenvalue weighted by molar-refractivity contribution is 6.54. The van der Waals surface area contributed by atoms with Gasteiger partial charge in [0.2, 0.25) is 0 Å². The molecule has 0 aromatic heterocycles. The average molecular weight is 336 g/mol. The Morgan fingerprint density at radius 1 is 1.04 bits per heavy atom. The van der Waals surface area contributed by atoms with Gasteiger partial charge in [-0.25, -0.2) is 0 Å². The number of hydrogen-bond donors (Lipinski definition) is 0. The first-order valence-electron chi connectivity index (χ1n) is 8.18. The van der Waals surface area contributed by atoms with Gasteiger partial charge in [-0.05, 0) is 45.2 Å². The molecule has 1 saturated heterocycles. The Hall–Kier alpha value is -0.805. The third-order valence-corrected chi connectivity index (χ3v) is 5.06. The van der Waals surface area contributed by atoms with Crippen LogP contribution >= 0.6 is 12.4 Å². The van der Waals surface area contributed by atoms with Crippen molar-refractivity contribution in [3.8, 4) is 0 Å². The van der Waals surface area contributed by atoms with Crippen LogP contribution in [-0.4, -0.2) is 36.3 Å². The summed E-state index contributed by atoms with van der Waals surface area (Å²) < 4.78 is 12.4. The van der Waals surface area contributed by atoms with Crippen molar-refractivity contribution in [1.82, 2.24) is 4.90 Å². The fraction of sp³-hybridized carbons (Fsp3) is 0.556. The summed E-state index contributed by atoms with van der Waals surface area (Å²) in [4.78, 5) is 2.47. The van der Waals surface area contributed by atoms with Gasteiger partial charge in [0.25, 0.3) is 0 Å². The number of rotatable bonds is 3. The van der Waals surface area contributed by atoms with Crippen molar-refractivity contribution >= 4 is 19.5 Å². The van der Waals surface area contributed by atoms with Gasteiger partial charge >= 0.3 is 7.12 Å². The zero-order chi connectivity index (χ0) is 15.8. The molecule has 0 spiro atoms. The van der Waals surface area contributed by atoms with E-state index in [1.165, 1.54) is 11.0 Å². The molecule has 1 fully saturated rings. The molecule has 0 atom stereocenters. The maximum Gasteiger partial charge on any atom is 0.491 e. The van der Waals surface area contributed by atoms with Crippen LogP contribution in [0.2, 0.25) is 0 Å². The van der Waals surface area contributed by atoms with E-state index in [-0.39, 0.29) is 30.7 Å². The lowest BCUT2D eigenvalue weighted by molar-refractivity contribution is 0.00578. The highest BCUT2D eigenvalue weighted by Gasteiger charge is 2.52. The minimum absolute atomic E-state index is 0. The predicted octanol–water partition coefficient (Wildman–Crippen LogP) is 3.87. The molecule has 0 radical (unpaired) electrons. The van der Waals surface area contributed by atoms with Crippen LogP contribution in [0.1, 0.15) is 39.7 Å². The van der Waals surface area contributed by atoms with Gasteiger partial charge in [0.05, 0.1) is 11.2 Å². The van der Waals surface area contributed by atoms with Crippen molar-refractivity contribution in [2.75, 3.05) is 13.1 Å². The molecule has 1 aromatic rings. The van der Waals surface area contributed by atoms with Gasteiger partial charge in [0.15, 0.2) is 0 Å². The van der Waals surface area contributed by atoms with Gasteiger partial charge in [-0.2, -0.15) is 0 Å². The average Bonchev–Trinajstić information content (AvgIpc) is 2.69. The molecular formula is C18H27BClNO2. The highest BCUT2D eigenvalue weighted by atomic mass is 35.5. The molecule has 0 saturated carbocycles. The van der Waals surface area contributed by atoms with Crippen LogP contribution in [0.5, 0.6) is 0 Å². The largest absolute Gasteiger partial charge is 0.491 e. The van der Waals surface area contributed by atoms with E-state index in [2.05, 4.69) is 69.0 Å². The summed E-state index contributed by atoms with van der Waals surface area (Å²) in [5, 5.41) is 0. The van der Waals surface area contributed by atoms with E-state index < -0.39 is 0 Å². The van der Waals surface area contributed by atoms with Crippen LogP contribution in [0, 0.1) is 0 Å². The minimum atomic E-state index is -0.264. The van der Waals surface area contributed by atoms with E-state index in [0.717, 1.165) is 26.1 Å². The number of halogens is 1. The first-order valence-corrected chi connectivity index (χ1v) is 8.18. The molecule has 2 aliphatic heterocycles. The lowest BCUT2D eigenvalue weighted by Gasteiger charge is -2.32. The van der Waals surface area contributed by atoms with Crippen molar-refractivity contribution < 1.29 is 9.31 Å². The lowest BCUT2D eigenvalue weighted by atomic mass is 9.76. The molecule has 5 heteroatoms. The first-order chi connectivity index (χ1) is 10.4. The fourth-order valence-corrected chi connectivity index (χ4v) is 2.98. The summed E-state index contributed by atoms with van der Waals surface area (Å²) in [5.41, 5.74) is 2.10. The summed E-state index contributed by atoms with van der Waals surface area (Å²) >= 11 is 0. The Balaban J connectivity index is 0.00000192.